The standard InChI is InChI=1S/C19H21ClFN5O2.HI/c1-22-19(24-9-12-7-14(20)17-16(8-12)27-11-28-17)25-13-4-6-26(10-13)18-15(21)3-2-5-23-18;/h2-3,5,7-8,13H,4,6,9-11H2,1H3,(H2,22,24,25);1H. The van der Waals surface area contributed by atoms with Crippen LogP contribution >= 0.6 is 35.6 Å². The van der Waals surface area contributed by atoms with E-state index in [9.17, 15) is 4.39 Å². The van der Waals surface area contributed by atoms with E-state index in [1.54, 1.807) is 19.3 Å². The molecule has 10 heteroatoms. The van der Waals surface area contributed by atoms with E-state index >= 15 is 0 Å². The van der Waals surface area contributed by atoms with Gasteiger partial charge in [0, 0.05) is 38.9 Å². The number of halogens is 3. The summed E-state index contributed by atoms with van der Waals surface area (Å²) in [7, 11) is 1.72. The molecule has 2 aliphatic rings. The highest BCUT2D eigenvalue weighted by molar-refractivity contribution is 14.0. The minimum absolute atomic E-state index is 0. The number of aromatic nitrogens is 1. The van der Waals surface area contributed by atoms with Gasteiger partial charge in [0.15, 0.2) is 29.1 Å². The van der Waals surface area contributed by atoms with Crippen LogP contribution in [0.5, 0.6) is 11.5 Å². The number of rotatable bonds is 4. The average molecular weight is 534 g/mol. The number of pyridine rings is 1. The van der Waals surface area contributed by atoms with Crippen molar-refractivity contribution in [2.45, 2.75) is 19.0 Å². The summed E-state index contributed by atoms with van der Waals surface area (Å²) < 4.78 is 24.7. The van der Waals surface area contributed by atoms with E-state index in [0.717, 1.165) is 18.5 Å². The van der Waals surface area contributed by atoms with Gasteiger partial charge < -0.3 is 25.0 Å². The lowest BCUT2D eigenvalue weighted by molar-refractivity contribution is 0.174. The number of benzene rings is 1. The van der Waals surface area contributed by atoms with Gasteiger partial charge in [-0.2, -0.15) is 0 Å². The summed E-state index contributed by atoms with van der Waals surface area (Å²) in [6.07, 6.45) is 2.47. The molecule has 2 N–H and O–H groups in total. The number of hydrogen-bond donors (Lipinski definition) is 2. The largest absolute Gasteiger partial charge is 0.454 e. The van der Waals surface area contributed by atoms with Crippen molar-refractivity contribution in [3.8, 4) is 11.5 Å². The van der Waals surface area contributed by atoms with Gasteiger partial charge in [0.1, 0.15) is 0 Å². The number of anilines is 1. The number of ether oxygens (including phenoxy) is 2. The van der Waals surface area contributed by atoms with E-state index in [-0.39, 0.29) is 42.6 Å². The van der Waals surface area contributed by atoms with Gasteiger partial charge in [0.2, 0.25) is 6.79 Å². The molecule has 0 radical (unpaired) electrons. The first kappa shape index (κ1) is 21.7. The maximum atomic E-state index is 13.9. The van der Waals surface area contributed by atoms with Crippen LogP contribution in [0.1, 0.15) is 12.0 Å². The second-order valence-corrected chi connectivity index (χ2v) is 7.03. The maximum Gasteiger partial charge on any atom is 0.231 e. The molecule has 156 valence electrons. The van der Waals surface area contributed by atoms with Crippen LogP contribution in [0.25, 0.3) is 0 Å². The third-order valence-electron chi connectivity index (χ3n) is 4.74. The molecule has 0 amide bonds. The number of aliphatic imine (C=N–C) groups is 1. The molecule has 1 atom stereocenters. The van der Waals surface area contributed by atoms with Crippen LogP contribution in [0.3, 0.4) is 0 Å². The lowest BCUT2D eigenvalue weighted by atomic mass is 10.2. The molecule has 3 heterocycles. The van der Waals surface area contributed by atoms with Crippen molar-refractivity contribution in [2.75, 3.05) is 31.8 Å². The van der Waals surface area contributed by atoms with Crippen molar-refractivity contribution in [1.29, 1.82) is 0 Å². The van der Waals surface area contributed by atoms with Gasteiger partial charge in [0.25, 0.3) is 0 Å². The molecule has 7 nitrogen and oxygen atoms in total. The van der Waals surface area contributed by atoms with Crippen molar-refractivity contribution >= 4 is 47.4 Å². The smallest absolute Gasteiger partial charge is 0.231 e. The molecule has 0 saturated carbocycles. The van der Waals surface area contributed by atoms with Gasteiger partial charge in [-0.1, -0.05) is 11.6 Å². The minimum Gasteiger partial charge on any atom is -0.454 e. The molecule has 0 aliphatic carbocycles. The van der Waals surface area contributed by atoms with Crippen molar-refractivity contribution in [3.63, 3.8) is 0 Å². The summed E-state index contributed by atoms with van der Waals surface area (Å²) in [4.78, 5) is 10.4. The molecule has 2 aromatic rings. The predicted octanol–water partition coefficient (Wildman–Crippen LogP) is 3.16. The first-order chi connectivity index (χ1) is 13.6. The summed E-state index contributed by atoms with van der Waals surface area (Å²) in [5, 5.41) is 7.18. The fourth-order valence-corrected chi connectivity index (χ4v) is 3.66. The molecule has 1 aromatic carbocycles. The molecule has 2 aliphatic heterocycles. The summed E-state index contributed by atoms with van der Waals surface area (Å²) in [6, 6.07) is 6.92. The minimum atomic E-state index is -0.301. The molecule has 0 spiro atoms. The Hall–Kier alpha value is -2.01. The third kappa shape index (κ3) is 4.95. The number of guanidine groups is 1. The second kappa shape index (κ2) is 9.66. The Morgan fingerprint density at radius 3 is 3.07 bits per heavy atom. The van der Waals surface area contributed by atoms with E-state index in [0.29, 0.717) is 41.4 Å². The number of fused-ring (bicyclic) bond motifs is 1. The Bertz CT molecular complexity index is 901. The number of hydrogen-bond acceptors (Lipinski definition) is 5. The zero-order valence-corrected chi connectivity index (χ0v) is 18.9. The zero-order valence-electron chi connectivity index (χ0n) is 15.8. The summed E-state index contributed by atoms with van der Waals surface area (Å²) in [6.45, 7) is 2.11. The van der Waals surface area contributed by atoms with Crippen molar-refractivity contribution in [2.24, 2.45) is 4.99 Å². The molecule has 1 saturated heterocycles. The molecule has 4 rings (SSSR count). The van der Waals surface area contributed by atoms with Gasteiger partial charge in [0.05, 0.1) is 5.02 Å². The predicted molar refractivity (Wildman–Crippen MR) is 121 cm³/mol. The van der Waals surface area contributed by atoms with E-state index in [2.05, 4.69) is 20.6 Å². The van der Waals surface area contributed by atoms with Crippen LogP contribution in [0, 0.1) is 5.82 Å². The van der Waals surface area contributed by atoms with Crippen LogP contribution in [-0.4, -0.2) is 43.9 Å². The van der Waals surface area contributed by atoms with E-state index < -0.39 is 0 Å². The highest BCUT2D eigenvalue weighted by atomic mass is 127. The average Bonchev–Trinajstić information content (AvgIpc) is 3.35. The van der Waals surface area contributed by atoms with E-state index in [1.807, 2.05) is 17.0 Å². The lowest BCUT2D eigenvalue weighted by Gasteiger charge is -2.20. The fourth-order valence-electron chi connectivity index (χ4n) is 3.38. The van der Waals surface area contributed by atoms with E-state index in [4.69, 9.17) is 21.1 Å². The molecular weight excluding hydrogens is 512 g/mol. The molecule has 1 unspecified atom stereocenters. The van der Waals surface area contributed by atoms with Crippen LogP contribution in [-0.2, 0) is 6.54 Å². The Morgan fingerprint density at radius 2 is 2.28 bits per heavy atom. The molecule has 1 fully saturated rings. The number of nitrogens with one attached hydrogen (secondary N) is 2. The second-order valence-electron chi connectivity index (χ2n) is 6.62. The first-order valence-electron chi connectivity index (χ1n) is 9.04. The van der Waals surface area contributed by atoms with Gasteiger partial charge in [-0.25, -0.2) is 9.37 Å². The Labute approximate surface area is 190 Å². The quantitative estimate of drug-likeness (QED) is 0.358. The van der Waals surface area contributed by atoms with Crippen LogP contribution in [0.4, 0.5) is 10.2 Å². The topological polar surface area (TPSA) is 71.0 Å². The van der Waals surface area contributed by atoms with Gasteiger partial charge >= 0.3 is 0 Å². The fraction of sp³-hybridized carbons (Fsp3) is 0.368. The van der Waals surface area contributed by atoms with Gasteiger partial charge in [-0.05, 0) is 36.2 Å². The van der Waals surface area contributed by atoms with Gasteiger partial charge in [-0.3, -0.25) is 4.99 Å². The zero-order chi connectivity index (χ0) is 19.5. The third-order valence-corrected chi connectivity index (χ3v) is 5.02. The SMILES string of the molecule is CN=C(NCc1cc(Cl)c2c(c1)OCO2)NC1CCN(c2ncccc2F)C1.I. The summed E-state index contributed by atoms with van der Waals surface area (Å²) >= 11 is 6.23. The highest BCUT2D eigenvalue weighted by Gasteiger charge is 2.26. The molecule has 29 heavy (non-hydrogen) atoms. The lowest BCUT2D eigenvalue weighted by Crippen LogP contribution is -2.44. The Kier molecular flexibility index (Phi) is 7.23. The first-order valence-corrected chi connectivity index (χ1v) is 9.42. The van der Waals surface area contributed by atoms with Crippen molar-refractivity contribution in [1.82, 2.24) is 15.6 Å². The molecule has 0 bridgehead atoms. The monoisotopic (exact) mass is 533 g/mol. The van der Waals surface area contributed by atoms with Crippen LogP contribution < -0.4 is 25.0 Å². The van der Waals surface area contributed by atoms with E-state index in [1.165, 1.54) is 6.07 Å². The summed E-state index contributed by atoms with van der Waals surface area (Å²) in [5.41, 5.74) is 0.959. The van der Waals surface area contributed by atoms with Crippen molar-refractivity contribution in [3.05, 3.63) is 46.9 Å². The van der Waals surface area contributed by atoms with Crippen LogP contribution in [0.2, 0.25) is 5.02 Å². The highest BCUT2D eigenvalue weighted by Crippen LogP contribution is 2.39. The molecular formula is C19H22ClFIN5O2. The number of nitrogens with zero attached hydrogens (tertiary/aromatic N) is 3. The molecule has 1 aromatic heterocycles. The Balaban J connectivity index is 0.00000240. The van der Waals surface area contributed by atoms with Gasteiger partial charge in [-0.15, -0.1) is 24.0 Å². The van der Waals surface area contributed by atoms with Crippen LogP contribution in [0.15, 0.2) is 35.5 Å². The normalized spacial score (nSPS) is 17.8. The Morgan fingerprint density at radius 1 is 1.41 bits per heavy atom. The summed E-state index contributed by atoms with van der Waals surface area (Å²) in [5.74, 6) is 1.99. The van der Waals surface area contributed by atoms with Crippen molar-refractivity contribution < 1.29 is 13.9 Å². The maximum absolute atomic E-state index is 13.9.